The first kappa shape index (κ1) is 13.0. The van der Waals surface area contributed by atoms with E-state index in [4.69, 9.17) is 4.74 Å². The number of ether oxygens (including phenoxy) is 1. The van der Waals surface area contributed by atoms with Crippen LogP contribution in [0.15, 0.2) is 29.4 Å². The molecule has 0 saturated carbocycles. The van der Waals surface area contributed by atoms with E-state index in [9.17, 15) is 13.5 Å². The molecule has 6 nitrogen and oxygen atoms in total. The minimum atomic E-state index is -3.52. The van der Waals surface area contributed by atoms with Gasteiger partial charge in [-0.3, -0.25) is 4.98 Å². The molecule has 1 N–H and O–H groups in total. The maximum absolute atomic E-state index is 12.5. The Hall–Kier alpha value is -1.02. The average Bonchev–Trinajstić information content (AvgIpc) is 2.97. The molecule has 2 saturated heterocycles. The molecule has 1 aromatic heterocycles. The molecular formula is C12H16N2O4S. The van der Waals surface area contributed by atoms with Crippen LogP contribution in [0.1, 0.15) is 0 Å². The highest BCUT2D eigenvalue weighted by Crippen LogP contribution is 2.42. The Balaban J connectivity index is 1.89. The van der Waals surface area contributed by atoms with Gasteiger partial charge in [0.05, 0.1) is 19.8 Å². The number of sulfonamides is 1. The van der Waals surface area contributed by atoms with Crippen molar-refractivity contribution in [3.8, 4) is 0 Å². The lowest BCUT2D eigenvalue weighted by molar-refractivity contribution is 0.0905. The number of rotatable bonds is 3. The molecule has 0 aromatic carbocycles. The highest BCUT2D eigenvalue weighted by Gasteiger charge is 2.53. The fraction of sp³-hybridized carbons (Fsp3) is 0.583. The second kappa shape index (κ2) is 4.52. The molecule has 2 aliphatic heterocycles. The third kappa shape index (κ3) is 1.97. The fourth-order valence-corrected chi connectivity index (χ4v) is 4.38. The summed E-state index contributed by atoms with van der Waals surface area (Å²) in [7, 11) is -3.52. The highest BCUT2D eigenvalue weighted by atomic mass is 32.2. The lowest BCUT2D eigenvalue weighted by Crippen LogP contribution is -2.36. The summed E-state index contributed by atoms with van der Waals surface area (Å²) in [6, 6.07) is 3.15. The van der Waals surface area contributed by atoms with Crippen LogP contribution in [-0.4, -0.2) is 55.7 Å². The summed E-state index contributed by atoms with van der Waals surface area (Å²) in [6.07, 6.45) is 2.90. The van der Waals surface area contributed by atoms with Gasteiger partial charge in [0.1, 0.15) is 4.90 Å². The number of pyridine rings is 1. The predicted molar refractivity (Wildman–Crippen MR) is 66.8 cm³/mol. The quantitative estimate of drug-likeness (QED) is 0.825. The van der Waals surface area contributed by atoms with E-state index in [1.165, 1.54) is 10.5 Å². The van der Waals surface area contributed by atoms with Crippen LogP contribution >= 0.6 is 0 Å². The van der Waals surface area contributed by atoms with Gasteiger partial charge in [0, 0.05) is 36.8 Å². The Labute approximate surface area is 112 Å². The van der Waals surface area contributed by atoms with E-state index in [1.54, 1.807) is 18.3 Å². The van der Waals surface area contributed by atoms with E-state index < -0.39 is 15.4 Å². The second-order valence-electron chi connectivity index (χ2n) is 5.22. The van der Waals surface area contributed by atoms with Crippen molar-refractivity contribution in [1.29, 1.82) is 0 Å². The van der Waals surface area contributed by atoms with Crippen LogP contribution in [0.5, 0.6) is 0 Å². The monoisotopic (exact) mass is 284 g/mol. The first-order valence-corrected chi connectivity index (χ1v) is 7.61. The van der Waals surface area contributed by atoms with Crippen LogP contribution in [0.4, 0.5) is 0 Å². The van der Waals surface area contributed by atoms with Gasteiger partial charge in [0.15, 0.2) is 0 Å². The Bertz CT molecular complexity index is 562. The molecule has 104 valence electrons. The summed E-state index contributed by atoms with van der Waals surface area (Å²) in [4.78, 5) is 4.05. The van der Waals surface area contributed by atoms with E-state index in [0.717, 1.165) is 0 Å². The van der Waals surface area contributed by atoms with Gasteiger partial charge >= 0.3 is 0 Å². The SMILES string of the molecule is O=S(=O)(c1cccnc1)N1C[C@H]2COC[C@@]2(CO)C1. The van der Waals surface area contributed by atoms with Crippen LogP contribution < -0.4 is 0 Å². The maximum atomic E-state index is 12.5. The Morgan fingerprint density at radius 3 is 3.05 bits per heavy atom. The third-order valence-corrected chi connectivity index (χ3v) is 5.87. The zero-order valence-corrected chi connectivity index (χ0v) is 11.2. The number of fused-ring (bicyclic) bond motifs is 1. The van der Waals surface area contributed by atoms with Gasteiger partial charge in [-0.15, -0.1) is 0 Å². The molecule has 7 heteroatoms. The normalized spacial score (nSPS) is 31.5. The van der Waals surface area contributed by atoms with Gasteiger partial charge in [0.2, 0.25) is 10.0 Å². The van der Waals surface area contributed by atoms with Crippen LogP contribution in [0, 0.1) is 11.3 Å². The van der Waals surface area contributed by atoms with E-state index in [2.05, 4.69) is 4.98 Å². The summed E-state index contributed by atoms with van der Waals surface area (Å²) in [5.74, 6) is 0.0731. The molecular weight excluding hydrogens is 268 g/mol. The maximum Gasteiger partial charge on any atom is 0.244 e. The van der Waals surface area contributed by atoms with Crippen LogP contribution in [-0.2, 0) is 14.8 Å². The molecule has 1 aromatic rings. The third-order valence-electron chi connectivity index (χ3n) is 4.08. The summed E-state index contributed by atoms with van der Waals surface area (Å²) in [6.45, 7) is 1.60. The molecule has 0 bridgehead atoms. The highest BCUT2D eigenvalue weighted by molar-refractivity contribution is 7.89. The van der Waals surface area contributed by atoms with Crippen molar-refractivity contribution >= 4 is 10.0 Å². The van der Waals surface area contributed by atoms with Gasteiger partial charge in [-0.1, -0.05) is 0 Å². The van der Waals surface area contributed by atoms with Crippen molar-refractivity contribution < 1.29 is 18.3 Å². The number of aromatic nitrogens is 1. The first-order valence-electron chi connectivity index (χ1n) is 6.17. The van der Waals surface area contributed by atoms with E-state index in [0.29, 0.717) is 26.3 Å². The standard InChI is InChI=1S/C12H16N2O4S/c15-8-12-7-14(5-10(12)6-18-9-12)19(16,17)11-2-1-3-13-4-11/h1-4,10,15H,5-9H2/t10-,12-/m0/s1. The van der Waals surface area contributed by atoms with Gasteiger partial charge in [-0.2, -0.15) is 4.31 Å². The van der Waals surface area contributed by atoms with Crippen molar-refractivity contribution in [3.63, 3.8) is 0 Å². The largest absolute Gasteiger partial charge is 0.396 e. The van der Waals surface area contributed by atoms with Crippen molar-refractivity contribution in [3.05, 3.63) is 24.5 Å². The topological polar surface area (TPSA) is 79.7 Å². The Kier molecular flexibility index (Phi) is 3.09. The molecule has 3 rings (SSSR count). The lowest BCUT2D eigenvalue weighted by atomic mass is 9.82. The van der Waals surface area contributed by atoms with Gasteiger partial charge in [-0.05, 0) is 12.1 Å². The van der Waals surface area contributed by atoms with Crippen molar-refractivity contribution in [1.82, 2.24) is 9.29 Å². The number of hydrogen-bond donors (Lipinski definition) is 1. The summed E-state index contributed by atoms with van der Waals surface area (Å²) < 4.78 is 31.8. The van der Waals surface area contributed by atoms with E-state index in [-0.39, 0.29) is 17.4 Å². The average molecular weight is 284 g/mol. The minimum Gasteiger partial charge on any atom is -0.396 e. The first-order chi connectivity index (χ1) is 9.08. The van der Waals surface area contributed by atoms with Gasteiger partial charge in [0.25, 0.3) is 0 Å². The van der Waals surface area contributed by atoms with Crippen LogP contribution in [0.3, 0.4) is 0 Å². The molecule has 19 heavy (non-hydrogen) atoms. The number of aliphatic hydroxyl groups is 1. The zero-order chi connectivity index (χ0) is 13.5. The molecule has 0 unspecified atom stereocenters. The van der Waals surface area contributed by atoms with Crippen molar-refractivity contribution in [2.45, 2.75) is 4.90 Å². The van der Waals surface area contributed by atoms with Crippen molar-refractivity contribution in [2.75, 3.05) is 32.9 Å². The molecule has 0 spiro atoms. The summed E-state index contributed by atoms with van der Waals surface area (Å²) in [5.41, 5.74) is -0.435. The molecule has 0 amide bonds. The number of aliphatic hydroxyl groups excluding tert-OH is 1. The molecule has 2 atom stereocenters. The molecule has 0 aliphatic carbocycles. The molecule has 0 radical (unpaired) electrons. The lowest BCUT2D eigenvalue weighted by Gasteiger charge is -2.24. The summed E-state index contributed by atoms with van der Waals surface area (Å²) in [5, 5.41) is 9.57. The van der Waals surface area contributed by atoms with Gasteiger partial charge in [-0.25, -0.2) is 8.42 Å². The number of hydrogen-bond acceptors (Lipinski definition) is 5. The molecule has 3 heterocycles. The summed E-state index contributed by atoms with van der Waals surface area (Å²) >= 11 is 0. The Morgan fingerprint density at radius 2 is 2.42 bits per heavy atom. The van der Waals surface area contributed by atoms with E-state index >= 15 is 0 Å². The Morgan fingerprint density at radius 1 is 1.58 bits per heavy atom. The van der Waals surface area contributed by atoms with Crippen LogP contribution in [0.2, 0.25) is 0 Å². The second-order valence-corrected chi connectivity index (χ2v) is 7.16. The fourth-order valence-electron chi connectivity index (χ4n) is 2.84. The van der Waals surface area contributed by atoms with E-state index in [1.807, 2.05) is 0 Å². The number of nitrogens with zero attached hydrogens (tertiary/aromatic N) is 2. The van der Waals surface area contributed by atoms with Crippen LogP contribution in [0.25, 0.3) is 0 Å². The minimum absolute atomic E-state index is 0.0449. The van der Waals surface area contributed by atoms with Gasteiger partial charge < -0.3 is 9.84 Å². The smallest absolute Gasteiger partial charge is 0.244 e. The van der Waals surface area contributed by atoms with Crippen molar-refractivity contribution in [2.24, 2.45) is 11.3 Å². The molecule has 2 fully saturated rings. The zero-order valence-electron chi connectivity index (χ0n) is 10.4. The predicted octanol–water partition coefficient (Wildman–Crippen LogP) is -0.289. The molecule has 2 aliphatic rings.